The van der Waals surface area contributed by atoms with Gasteiger partial charge in [-0.05, 0) is 38.1 Å². The molecule has 0 spiro atoms. The summed E-state index contributed by atoms with van der Waals surface area (Å²) in [6.07, 6.45) is 1.69. The maximum atomic E-state index is 12.4. The Labute approximate surface area is 121 Å². The molecule has 3 rings (SSSR count). The van der Waals surface area contributed by atoms with Crippen molar-refractivity contribution < 1.29 is 0 Å². The van der Waals surface area contributed by atoms with E-state index in [1.54, 1.807) is 19.3 Å². The van der Waals surface area contributed by atoms with Crippen LogP contribution in [0.5, 0.6) is 0 Å². The average molecular weight is 281 g/mol. The van der Waals surface area contributed by atoms with Gasteiger partial charge in [-0.15, -0.1) is 0 Å². The normalized spacial score (nSPS) is 10.8. The molecule has 1 N–H and O–H groups in total. The third kappa shape index (κ3) is 2.14. The number of aryl methyl sites for hydroxylation is 2. The lowest BCUT2D eigenvalue weighted by Crippen LogP contribution is -2.24. The minimum Gasteiger partial charge on any atom is -0.372 e. The summed E-state index contributed by atoms with van der Waals surface area (Å²) in [5.41, 5.74) is 2.49. The molecular weight excluding hydrogens is 266 g/mol. The van der Waals surface area contributed by atoms with E-state index in [9.17, 15) is 4.79 Å². The zero-order chi connectivity index (χ0) is 15.0. The molecular formula is C15H15N5O. The molecule has 0 radical (unpaired) electrons. The average Bonchev–Trinajstić information content (AvgIpc) is 2.47. The first-order valence-corrected chi connectivity index (χ1v) is 6.62. The fourth-order valence-electron chi connectivity index (χ4n) is 2.31. The molecule has 21 heavy (non-hydrogen) atoms. The number of nitrogens with one attached hydrogen (secondary N) is 1. The van der Waals surface area contributed by atoms with Crippen LogP contribution in [0.1, 0.15) is 11.4 Å². The van der Waals surface area contributed by atoms with Gasteiger partial charge in [0.15, 0.2) is 5.65 Å². The van der Waals surface area contributed by atoms with Gasteiger partial charge in [0.1, 0.15) is 5.82 Å². The van der Waals surface area contributed by atoms with E-state index >= 15 is 0 Å². The number of aromatic nitrogens is 4. The van der Waals surface area contributed by atoms with Crippen molar-refractivity contribution in [1.82, 2.24) is 19.5 Å². The second-order valence-corrected chi connectivity index (χ2v) is 4.76. The van der Waals surface area contributed by atoms with E-state index in [1.165, 1.54) is 4.57 Å². The van der Waals surface area contributed by atoms with Crippen LogP contribution >= 0.6 is 0 Å². The number of pyridine rings is 2. The van der Waals surface area contributed by atoms with E-state index in [-0.39, 0.29) is 5.69 Å². The Bertz CT molecular complexity index is 885. The Balaban J connectivity index is 2.48. The Hall–Kier alpha value is -2.76. The highest BCUT2D eigenvalue weighted by molar-refractivity contribution is 5.87. The molecule has 0 bridgehead atoms. The molecule has 3 heterocycles. The van der Waals surface area contributed by atoms with Gasteiger partial charge >= 0.3 is 5.69 Å². The molecule has 0 aliphatic carbocycles. The maximum absolute atomic E-state index is 12.4. The van der Waals surface area contributed by atoms with Gasteiger partial charge in [0, 0.05) is 18.9 Å². The van der Waals surface area contributed by atoms with Crippen LogP contribution in [-0.4, -0.2) is 26.6 Å². The smallest absolute Gasteiger partial charge is 0.355 e. The number of nitrogens with zero attached hydrogens (tertiary/aromatic N) is 4. The van der Waals surface area contributed by atoms with Crippen molar-refractivity contribution in [1.29, 1.82) is 0 Å². The molecule has 0 saturated heterocycles. The molecule has 0 aliphatic heterocycles. The van der Waals surface area contributed by atoms with Crippen LogP contribution in [0.2, 0.25) is 0 Å². The van der Waals surface area contributed by atoms with Gasteiger partial charge in [-0.1, -0.05) is 0 Å². The van der Waals surface area contributed by atoms with Crippen molar-refractivity contribution in [3.63, 3.8) is 0 Å². The number of hydrogen-bond donors (Lipinski definition) is 1. The zero-order valence-electron chi connectivity index (χ0n) is 12.1. The molecule has 0 aromatic carbocycles. The van der Waals surface area contributed by atoms with Crippen LogP contribution in [0, 0.1) is 13.8 Å². The van der Waals surface area contributed by atoms with E-state index in [0.717, 1.165) is 16.8 Å². The number of rotatable bonds is 2. The van der Waals surface area contributed by atoms with Gasteiger partial charge in [0.2, 0.25) is 0 Å². The predicted molar refractivity (Wildman–Crippen MR) is 82.0 cm³/mol. The molecule has 0 aliphatic rings. The summed E-state index contributed by atoms with van der Waals surface area (Å²) >= 11 is 0. The van der Waals surface area contributed by atoms with Crippen LogP contribution in [0.25, 0.3) is 16.7 Å². The molecule has 0 amide bonds. The maximum Gasteiger partial charge on any atom is 0.355 e. The van der Waals surface area contributed by atoms with Crippen LogP contribution < -0.4 is 11.0 Å². The summed E-state index contributed by atoms with van der Waals surface area (Å²) < 4.78 is 1.51. The van der Waals surface area contributed by atoms with Crippen molar-refractivity contribution in [2.24, 2.45) is 0 Å². The number of fused-ring (bicyclic) bond motifs is 1. The van der Waals surface area contributed by atoms with Crippen molar-refractivity contribution in [3.05, 3.63) is 52.3 Å². The van der Waals surface area contributed by atoms with Gasteiger partial charge in [-0.2, -0.15) is 4.98 Å². The Morgan fingerprint density at radius 1 is 1.14 bits per heavy atom. The summed E-state index contributed by atoms with van der Waals surface area (Å²) in [6, 6.07) is 7.45. The van der Waals surface area contributed by atoms with E-state index in [2.05, 4.69) is 20.3 Å². The minimum atomic E-state index is -0.374. The Morgan fingerprint density at radius 3 is 2.67 bits per heavy atom. The van der Waals surface area contributed by atoms with Gasteiger partial charge in [0.05, 0.1) is 16.8 Å². The first kappa shape index (κ1) is 13.2. The minimum absolute atomic E-state index is 0.374. The Kier molecular flexibility index (Phi) is 3.13. The quantitative estimate of drug-likeness (QED) is 0.776. The highest BCUT2D eigenvalue weighted by Gasteiger charge is 2.14. The lowest BCUT2D eigenvalue weighted by Gasteiger charge is -2.13. The third-order valence-electron chi connectivity index (χ3n) is 3.34. The van der Waals surface area contributed by atoms with Gasteiger partial charge in [0.25, 0.3) is 0 Å². The topological polar surface area (TPSA) is 72.7 Å². The van der Waals surface area contributed by atoms with Gasteiger partial charge in [-0.25, -0.2) is 14.3 Å². The summed E-state index contributed by atoms with van der Waals surface area (Å²) in [7, 11) is 1.74. The number of hydrogen-bond acceptors (Lipinski definition) is 5. The highest BCUT2D eigenvalue weighted by atomic mass is 16.1. The standard InChI is InChI=1S/C15H15N5O/c1-9-6-7-11-13(16-3)19-15(21)20(14(11)18-9)12-5-4-8-17-10(12)2/h4-8H,1-3H3,(H,16,19,21). The van der Waals surface area contributed by atoms with Crippen LogP contribution in [0.3, 0.4) is 0 Å². The van der Waals surface area contributed by atoms with Crippen molar-refractivity contribution in [2.75, 3.05) is 12.4 Å². The molecule has 0 saturated carbocycles. The lowest BCUT2D eigenvalue weighted by atomic mass is 10.2. The summed E-state index contributed by atoms with van der Waals surface area (Å²) in [5.74, 6) is 0.528. The molecule has 3 aromatic rings. The third-order valence-corrected chi connectivity index (χ3v) is 3.34. The molecule has 6 nitrogen and oxygen atoms in total. The van der Waals surface area contributed by atoms with E-state index in [0.29, 0.717) is 17.2 Å². The van der Waals surface area contributed by atoms with Crippen LogP contribution in [0.4, 0.5) is 5.82 Å². The fraction of sp³-hybridized carbons (Fsp3) is 0.200. The van der Waals surface area contributed by atoms with Gasteiger partial charge in [-0.3, -0.25) is 4.98 Å². The molecule has 3 aromatic heterocycles. The lowest BCUT2D eigenvalue weighted by molar-refractivity contribution is 0.917. The Morgan fingerprint density at radius 2 is 1.95 bits per heavy atom. The van der Waals surface area contributed by atoms with Crippen LogP contribution in [-0.2, 0) is 0 Å². The van der Waals surface area contributed by atoms with E-state index < -0.39 is 0 Å². The molecule has 0 unspecified atom stereocenters. The number of anilines is 1. The summed E-state index contributed by atoms with van der Waals surface area (Å²) in [4.78, 5) is 25.3. The molecule has 106 valence electrons. The van der Waals surface area contributed by atoms with Gasteiger partial charge < -0.3 is 5.32 Å². The molecule has 0 fully saturated rings. The molecule has 0 atom stereocenters. The SMILES string of the molecule is CNc1nc(=O)n(-c2cccnc2C)c2nc(C)ccc12. The fourth-order valence-corrected chi connectivity index (χ4v) is 2.31. The van der Waals surface area contributed by atoms with E-state index in [4.69, 9.17) is 0 Å². The second-order valence-electron chi connectivity index (χ2n) is 4.76. The summed E-state index contributed by atoms with van der Waals surface area (Å²) in [5, 5.41) is 3.74. The van der Waals surface area contributed by atoms with Crippen molar-refractivity contribution in [3.8, 4) is 5.69 Å². The summed E-state index contributed by atoms with van der Waals surface area (Å²) in [6.45, 7) is 3.75. The second kappa shape index (κ2) is 4.97. The first-order valence-electron chi connectivity index (χ1n) is 6.62. The van der Waals surface area contributed by atoms with Crippen molar-refractivity contribution in [2.45, 2.75) is 13.8 Å². The van der Waals surface area contributed by atoms with Crippen molar-refractivity contribution >= 4 is 16.9 Å². The molecule has 6 heteroatoms. The highest BCUT2D eigenvalue weighted by Crippen LogP contribution is 2.21. The monoisotopic (exact) mass is 281 g/mol. The zero-order valence-corrected chi connectivity index (χ0v) is 12.1. The first-order chi connectivity index (χ1) is 10.1. The van der Waals surface area contributed by atoms with E-state index in [1.807, 2.05) is 32.0 Å². The largest absolute Gasteiger partial charge is 0.372 e. The van der Waals surface area contributed by atoms with Crippen LogP contribution in [0.15, 0.2) is 35.3 Å². The predicted octanol–water partition coefficient (Wildman–Crippen LogP) is 1.83.